The van der Waals surface area contributed by atoms with Gasteiger partial charge in [-0.05, 0) is 24.2 Å². The third kappa shape index (κ3) is 2.58. The van der Waals surface area contributed by atoms with E-state index in [1.54, 1.807) is 0 Å². The molecule has 0 unspecified atom stereocenters. The summed E-state index contributed by atoms with van der Waals surface area (Å²) in [5.41, 5.74) is 0. The van der Waals surface area contributed by atoms with Gasteiger partial charge in [0.15, 0.2) is 0 Å². The zero-order valence-electron chi connectivity index (χ0n) is 6.27. The lowest BCUT2D eigenvalue weighted by atomic mass is 10.4. The van der Waals surface area contributed by atoms with Crippen LogP contribution in [-0.4, -0.2) is 17.8 Å². The monoisotopic (exact) mass is 135 g/mol. The molecule has 1 nitrogen and oxygen atoms in total. The highest BCUT2D eigenvalue weighted by Crippen LogP contribution is 2.37. The lowest BCUT2D eigenvalue weighted by Crippen LogP contribution is -2.19. The molecule has 2 heteroatoms. The number of nitrogens with two attached hydrogens (primary N) is 1. The van der Waals surface area contributed by atoms with Crippen molar-refractivity contribution in [2.45, 2.75) is 25.5 Å². The Morgan fingerprint density at radius 3 is 1.88 bits per heavy atom. The molecule has 0 rings (SSSR count). The zero-order chi connectivity index (χ0) is 6.78. The van der Waals surface area contributed by atoms with Crippen molar-refractivity contribution >= 4 is 10.2 Å². The van der Waals surface area contributed by atoms with Gasteiger partial charge in [-0.15, -0.1) is 0 Å². The van der Waals surface area contributed by atoms with Crippen molar-refractivity contribution in [1.82, 2.24) is 0 Å². The highest BCUT2D eigenvalue weighted by atomic mass is 32.3. The summed E-state index contributed by atoms with van der Waals surface area (Å²) >= 11 is 0. The largest absolute Gasteiger partial charge is 0.294 e. The Morgan fingerprint density at radius 2 is 1.88 bits per heavy atom. The van der Waals surface area contributed by atoms with E-state index in [9.17, 15) is 0 Å². The van der Waals surface area contributed by atoms with Crippen LogP contribution in [0.2, 0.25) is 0 Å². The molecular formula is C6H17NS. The van der Waals surface area contributed by atoms with Crippen LogP contribution in [0.5, 0.6) is 0 Å². The highest BCUT2D eigenvalue weighted by Gasteiger charge is 2.11. The maximum absolute atomic E-state index is 5.87. The maximum atomic E-state index is 5.87. The van der Waals surface area contributed by atoms with Gasteiger partial charge in [-0.1, -0.05) is 13.8 Å². The number of hydrogen-bond donors (Lipinski definition) is 1. The first-order chi connectivity index (χ1) is 3.48. The van der Waals surface area contributed by atoms with E-state index in [1.165, 1.54) is 6.42 Å². The van der Waals surface area contributed by atoms with Gasteiger partial charge in [0, 0.05) is 0 Å². The molecule has 0 saturated carbocycles. The Morgan fingerprint density at radius 1 is 1.50 bits per heavy atom. The lowest BCUT2D eigenvalue weighted by molar-refractivity contribution is 0.894. The number of rotatable bonds is 2. The fourth-order valence-electron chi connectivity index (χ4n) is 0.430. The van der Waals surface area contributed by atoms with Gasteiger partial charge in [-0.2, -0.15) is 10.2 Å². The molecule has 0 aliphatic rings. The van der Waals surface area contributed by atoms with Crippen molar-refractivity contribution < 1.29 is 0 Å². The minimum Gasteiger partial charge on any atom is -0.294 e. The van der Waals surface area contributed by atoms with Gasteiger partial charge in [-0.3, -0.25) is 5.14 Å². The smallest absolute Gasteiger partial charge is 0.00336 e. The molecular weight excluding hydrogens is 118 g/mol. The molecule has 0 amide bonds. The second-order valence-electron chi connectivity index (χ2n) is 2.71. The van der Waals surface area contributed by atoms with Crippen LogP contribution in [0.25, 0.3) is 0 Å². The summed E-state index contributed by atoms with van der Waals surface area (Å²) in [6, 6.07) is 0. The van der Waals surface area contributed by atoms with Crippen LogP contribution in [0, 0.1) is 0 Å². The molecule has 52 valence electrons. The average molecular weight is 135 g/mol. The van der Waals surface area contributed by atoms with Crippen LogP contribution in [0.3, 0.4) is 0 Å². The summed E-state index contributed by atoms with van der Waals surface area (Å²) in [4.78, 5) is 0. The minimum absolute atomic E-state index is 0.711. The molecule has 0 spiro atoms. The first-order valence-corrected chi connectivity index (χ1v) is 5.56. The highest BCUT2D eigenvalue weighted by molar-refractivity contribution is 8.31. The molecule has 0 radical (unpaired) electrons. The SMILES string of the molecule is CC[C@H](C)S(C)(C)N. The third-order valence-corrected chi connectivity index (χ3v) is 4.02. The van der Waals surface area contributed by atoms with Crippen molar-refractivity contribution in [3.8, 4) is 0 Å². The maximum Gasteiger partial charge on any atom is -0.00336 e. The van der Waals surface area contributed by atoms with Crippen molar-refractivity contribution in [3.05, 3.63) is 0 Å². The van der Waals surface area contributed by atoms with Gasteiger partial charge < -0.3 is 0 Å². The van der Waals surface area contributed by atoms with Gasteiger partial charge in [0.2, 0.25) is 0 Å². The summed E-state index contributed by atoms with van der Waals surface area (Å²) in [7, 11) is -0.753. The minimum atomic E-state index is -0.753. The lowest BCUT2D eigenvalue weighted by Gasteiger charge is -2.32. The normalized spacial score (nSPS) is 18.1. The molecule has 0 fully saturated rings. The van der Waals surface area contributed by atoms with Crippen LogP contribution in [0.15, 0.2) is 0 Å². The quantitative estimate of drug-likeness (QED) is 0.613. The van der Waals surface area contributed by atoms with E-state index in [4.69, 9.17) is 5.14 Å². The fourth-order valence-corrected chi connectivity index (χ4v) is 1.29. The Bertz CT molecular complexity index is 65.4. The van der Waals surface area contributed by atoms with Gasteiger partial charge in [0.05, 0.1) is 0 Å². The van der Waals surface area contributed by atoms with Crippen LogP contribution < -0.4 is 5.14 Å². The Kier molecular flexibility index (Phi) is 2.84. The van der Waals surface area contributed by atoms with Crippen LogP contribution in [0.4, 0.5) is 0 Å². The van der Waals surface area contributed by atoms with Crippen molar-refractivity contribution in [2.24, 2.45) is 5.14 Å². The molecule has 8 heavy (non-hydrogen) atoms. The second kappa shape index (κ2) is 2.74. The molecule has 0 aliphatic carbocycles. The van der Waals surface area contributed by atoms with Crippen molar-refractivity contribution in [2.75, 3.05) is 12.5 Å². The summed E-state index contributed by atoms with van der Waals surface area (Å²) in [6.45, 7) is 4.40. The van der Waals surface area contributed by atoms with E-state index in [0.717, 1.165) is 0 Å². The topological polar surface area (TPSA) is 26.0 Å². The first-order valence-electron chi connectivity index (χ1n) is 2.98. The molecule has 0 aromatic rings. The summed E-state index contributed by atoms with van der Waals surface area (Å²) in [6.07, 6.45) is 5.52. The van der Waals surface area contributed by atoms with Gasteiger partial charge in [0.1, 0.15) is 0 Å². The fraction of sp³-hybridized carbons (Fsp3) is 1.00. The van der Waals surface area contributed by atoms with Crippen LogP contribution in [0.1, 0.15) is 20.3 Å². The Hall–Kier alpha value is 0.310. The summed E-state index contributed by atoms with van der Waals surface area (Å²) in [5, 5.41) is 6.58. The van der Waals surface area contributed by atoms with Crippen molar-refractivity contribution in [3.63, 3.8) is 0 Å². The first kappa shape index (κ1) is 8.31. The molecule has 0 bridgehead atoms. The van der Waals surface area contributed by atoms with Crippen molar-refractivity contribution in [1.29, 1.82) is 0 Å². The number of hydrogen-bond acceptors (Lipinski definition) is 1. The van der Waals surface area contributed by atoms with Gasteiger partial charge in [0.25, 0.3) is 0 Å². The van der Waals surface area contributed by atoms with E-state index in [0.29, 0.717) is 5.25 Å². The van der Waals surface area contributed by atoms with Crippen LogP contribution >= 0.6 is 10.2 Å². The van der Waals surface area contributed by atoms with E-state index in [2.05, 4.69) is 26.4 Å². The molecule has 1 atom stereocenters. The Balaban J connectivity index is 3.62. The average Bonchev–Trinajstić information content (AvgIpc) is 1.62. The van der Waals surface area contributed by atoms with E-state index >= 15 is 0 Å². The van der Waals surface area contributed by atoms with Crippen LogP contribution in [-0.2, 0) is 0 Å². The molecule has 0 heterocycles. The third-order valence-electron chi connectivity index (χ3n) is 1.61. The predicted molar refractivity (Wildman–Crippen MR) is 43.4 cm³/mol. The van der Waals surface area contributed by atoms with E-state index < -0.39 is 10.2 Å². The molecule has 0 aromatic carbocycles. The standard InChI is InChI=1S/C6H17NS/c1-5-6(2)8(3,4)7/h6H,5,7H2,1-4H3/t6-/m0/s1. The van der Waals surface area contributed by atoms with Gasteiger partial charge >= 0.3 is 0 Å². The molecule has 0 aliphatic heterocycles. The Labute approximate surface area is 54.1 Å². The summed E-state index contributed by atoms with van der Waals surface area (Å²) in [5.74, 6) is 0. The predicted octanol–water partition coefficient (Wildman–Crippen LogP) is 1.72. The molecule has 0 saturated heterocycles. The van der Waals surface area contributed by atoms with Gasteiger partial charge in [-0.25, -0.2) is 0 Å². The zero-order valence-corrected chi connectivity index (χ0v) is 7.09. The summed E-state index contributed by atoms with van der Waals surface area (Å²) < 4.78 is 0. The van der Waals surface area contributed by atoms with E-state index in [-0.39, 0.29) is 0 Å². The molecule has 2 N–H and O–H groups in total. The molecule has 0 aromatic heterocycles. The second-order valence-corrected chi connectivity index (χ2v) is 6.49. The van der Waals surface area contributed by atoms with E-state index in [1.807, 2.05) is 0 Å².